The predicted octanol–water partition coefficient (Wildman–Crippen LogP) is 2.37. The van der Waals surface area contributed by atoms with E-state index in [4.69, 9.17) is 4.74 Å². The summed E-state index contributed by atoms with van der Waals surface area (Å²) in [5.41, 5.74) is 3.25. The maximum absolute atomic E-state index is 10.4. The van der Waals surface area contributed by atoms with Crippen molar-refractivity contribution in [3.8, 4) is 5.75 Å². The van der Waals surface area contributed by atoms with E-state index < -0.39 is 0 Å². The number of hydrogen-bond acceptors (Lipinski definition) is 5. The van der Waals surface area contributed by atoms with Crippen molar-refractivity contribution in [2.45, 2.75) is 32.5 Å². The van der Waals surface area contributed by atoms with Crippen LogP contribution in [0, 0.1) is 0 Å². The molecule has 1 N–H and O–H groups in total. The highest BCUT2D eigenvalue weighted by atomic mass is 16.5. The van der Waals surface area contributed by atoms with Crippen molar-refractivity contribution in [1.29, 1.82) is 0 Å². The third-order valence-electron chi connectivity index (χ3n) is 3.63. The van der Waals surface area contributed by atoms with Gasteiger partial charge < -0.3 is 24.5 Å². The molecule has 0 bridgehead atoms. The first kappa shape index (κ1) is 20.9. The fourth-order valence-corrected chi connectivity index (χ4v) is 2.72. The summed E-state index contributed by atoms with van der Waals surface area (Å²) < 4.78 is 4.94. The summed E-state index contributed by atoms with van der Waals surface area (Å²) in [7, 11) is 12.2. The van der Waals surface area contributed by atoms with Gasteiger partial charge in [-0.05, 0) is 72.8 Å². The van der Waals surface area contributed by atoms with Crippen LogP contribution in [0.3, 0.4) is 0 Å². The van der Waals surface area contributed by atoms with Crippen LogP contribution in [-0.2, 0) is 24.4 Å². The van der Waals surface area contributed by atoms with Crippen LogP contribution >= 0.6 is 0 Å². The van der Waals surface area contributed by atoms with Crippen LogP contribution in [0.1, 0.15) is 29.5 Å². The molecule has 5 heteroatoms. The van der Waals surface area contributed by atoms with Gasteiger partial charge >= 0.3 is 0 Å². The number of nitrogens with zero attached hydrogens (tertiary/aromatic N) is 3. The Balaban J connectivity index is 0.000000488. The smallest absolute Gasteiger partial charge is 0.124 e. The molecule has 1 aliphatic rings. The molecule has 24 heavy (non-hydrogen) atoms. The highest BCUT2D eigenvalue weighted by Crippen LogP contribution is 2.27. The van der Waals surface area contributed by atoms with Crippen molar-refractivity contribution in [3.63, 3.8) is 0 Å². The Bertz CT molecular complexity index is 445. The number of benzene rings is 1. The molecule has 0 aromatic heterocycles. The van der Waals surface area contributed by atoms with E-state index in [2.05, 4.69) is 40.9 Å². The van der Waals surface area contributed by atoms with Crippen LogP contribution < -0.4 is 0 Å². The van der Waals surface area contributed by atoms with Crippen molar-refractivity contribution in [2.75, 3.05) is 55.5 Å². The van der Waals surface area contributed by atoms with Crippen LogP contribution in [0.2, 0.25) is 0 Å². The molecule has 0 unspecified atom stereocenters. The maximum Gasteiger partial charge on any atom is 0.124 e. The van der Waals surface area contributed by atoms with Gasteiger partial charge in [-0.15, -0.1) is 0 Å². The molecule has 0 spiro atoms. The van der Waals surface area contributed by atoms with E-state index in [1.165, 1.54) is 18.4 Å². The molecular formula is C19H35N3O2. The van der Waals surface area contributed by atoms with Crippen molar-refractivity contribution in [2.24, 2.45) is 0 Å². The summed E-state index contributed by atoms with van der Waals surface area (Å²) in [5, 5.41) is 10.4. The SMILES string of the molecule is C1CCOC1.CN(C)Cc1cc(CN(C)C)c(O)c(CN(C)C)c1. The first-order valence-corrected chi connectivity index (χ1v) is 8.65. The van der Waals surface area contributed by atoms with E-state index in [0.29, 0.717) is 5.75 Å². The summed E-state index contributed by atoms with van der Waals surface area (Å²) in [6.45, 7) is 4.40. The maximum atomic E-state index is 10.4. The predicted molar refractivity (Wildman–Crippen MR) is 100 cm³/mol. The summed E-state index contributed by atoms with van der Waals surface area (Å²) in [4.78, 5) is 6.30. The second kappa shape index (κ2) is 10.7. The second-order valence-corrected chi connectivity index (χ2v) is 7.30. The van der Waals surface area contributed by atoms with Crippen LogP contribution in [0.5, 0.6) is 5.75 Å². The number of hydrogen-bond donors (Lipinski definition) is 1. The number of ether oxygens (including phenoxy) is 1. The molecular weight excluding hydrogens is 302 g/mol. The quantitative estimate of drug-likeness (QED) is 0.863. The molecule has 0 radical (unpaired) electrons. The van der Waals surface area contributed by atoms with Gasteiger partial charge in [-0.1, -0.05) is 0 Å². The van der Waals surface area contributed by atoms with Gasteiger partial charge in [0.15, 0.2) is 0 Å². The molecule has 2 rings (SSSR count). The lowest BCUT2D eigenvalue weighted by Crippen LogP contribution is -2.16. The Hall–Kier alpha value is -1.14. The van der Waals surface area contributed by atoms with Gasteiger partial charge in [0, 0.05) is 44.0 Å². The minimum atomic E-state index is 0.435. The Labute approximate surface area is 147 Å². The normalized spacial score (nSPS) is 14.4. The molecule has 1 saturated heterocycles. The first-order chi connectivity index (χ1) is 11.3. The molecule has 0 atom stereocenters. The largest absolute Gasteiger partial charge is 0.507 e. The molecule has 1 fully saturated rings. The molecule has 0 amide bonds. The van der Waals surface area contributed by atoms with E-state index in [9.17, 15) is 5.11 Å². The van der Waals surface area contributed by atoms with Crippen LogP contribution in [0.15, 0.2) is 12.1 Å². The van der Waals surface area contributed by atoms with E-state index in [0.717, 1.165) is 44.0 Å². The molecule has 1 aromatic rings. The molecule has 5 nitrogen and oxygen atoms in total. The Morgan fingerprint density at radius 1 is 0.792 bits per heavy atom. The van der Waals surface area contributed by atoms with Crippen molar-refractivity contribution >= 4 is 0 Å². The fourth-order valence-electron chi connectivity index (χ4n) is 2.72. The van der Waals surface area contributed by atoms with E-state index in [-0.39, 0.29) is 0 Å². The van der Waals surface area contributed by atoms with Gasteiger partial charge in [0.2, 0.25) is 0 Å². The van der Waals surface area contributed by atoms with Crippen molar-refractivity contribution in [3.05, 3.63) is 28.8 Å². The number of aromatic hydroxyl groups is 1. The fraction of sp³-hybridized carbons (Fsp3) is 0.684. The summed E-state index contributed by atoms with van der Waals surface area (Å²) >= 11 is 0. The Morgan fingerprint density at radius 2 is 1.21 bits per heavy atom. The van der Waals surface area contributed by atoms with Crippen molar-refractivity contribution < 1.29 is 9.84 Å². The van der Waals surface area contributed by atoms with E-state index in [1.54, 1.807) is 0 Å². The highest BCUT2D eigenvalue weighted by molar-refractivity contribution is 5.43. The minimum Gasteiger partial charge on any atom is -0.507 e. The lowest BCUT2D eigenvalue weighted by atomic mass is 10.0. The van der Waals surface area contributed by atoms with Gasteiger partial charge in [-0.25, -0.2) is 0 Å². The zero-order valence-corrected chi connectivity index (χ0v) is 16.3. The minimum absolute atomic E-state index is 0.435. The number of phenolic OH excluding ortho intramolecular Hbond substituents is 1. The number of phenols is 1. The summed E-state index contributed by atoms with van der Waals surface area (Å²) in [6.07, 6.45) is 2.56. The van der Waals surface area contributed by atoms with E-state index in [1.807, 2.05) is 28.2 Å². The molecule has 1 aliphatic heterocycles. The third kappa shape index (κ3) is 8.11. The van der Waals surface area contributed by atoms with Crippen LogP contribution in [0.25, 0.3) is 0 Å². The standard InChI is InChI=1S/C15H27N3O.C4H8O/c1-16(2)9-12-7-13(10-17(3)4)15(19)14(8-12)11-18(5)6;1-2-4-5-3-1/h7-8,19H,9-11H2,1-6H3;1-4H2. The summed E-state index contributed by atoms with van der Waals surface area (Å²) in [6, 6.07) is 4.21. The lowest BCUT2D eigenvalue weighted by Gasteiger charge is -2.19. The zero-order chi connectivity index (χ0) is 18.1. The third-order valence-corrected chi connectivity index (χ3v) is 3.63. The summed E-state index contributed by atoms with van der Waals surface area (Å²) in [5.74, 6) is 0.435. The molecule has 1 aromatic carbocycles. The van der Waals surface area contributed by atoms with Gasteiger partial charge in [0.25, 0.3) is 0 Å². The average Bonchev–Trinajstić information content (AvgIpc) is 3.01. The first-order valence-electron chi connectivity index (χ1n) is 8.65. The molecule has 1 heterocycles. The van der Waals surface area contributed by atoms with E-state index >= 15 is 0 Å². The Kier molecular flexibility index (Phi) is 9.29. The molecule has 0 aliphatic carbocycles. The molecule has 138 valence electrons. The second-order valence-electron chi connectivity index (χ2n) is 7.30. The number of rotatable bonds is 6. The van der Waals surface area contributed by atoms with Crippen LogP contribution in [-0.4, -0.2) is 75.3 Å². The van der Waals surface area contributed by atoms with Crippen LogP contribution in [0.4, 0.5) is 0 Å². The van der Waals surface area contributed by atoms with Crippen molar-refractivity contribution in [1.82, 2.24) is 14.7 Å². The van der Waals surface area contributed by atoms with Gasteiger partial charge in [0.1, 0.15) is 5.75 Å². The lowest BCUT2D eigenvalue weighted by molar-refractivity contribution is 0.198. The topological polar surface area (TPSA) is 39.2 Å². The Morgan fingerprint density at radius 3 is 1.50 bits per heavy atom. The monoisotopic (exact) mass is 337 g/mol. The highest BCUT2D eigenvalue weighted by Gasteiger charge is 2.12. The average molecular weight is 338 g/mol. The van der Waals surface area contributed by atoms with Gasteiger partial charge in [-0.2, -0.15) is 0 Å². The van der Waals surface area contributed by atoms with Gasteiger partial charge in [0.05, 0.1) is 0 Å². The van der Waals surface area contributed by atoms with Gasteiger partial charge in [-0.3, -0.25) is 0 Å². The molecule has 0 saturated carbocycles. The zero-order valence-electron chi connectivity index (χ0n) is 16.3.